The van der Waals surface area contributed by atoms with Gasteiger partial charge in [-0.15, -0.1) is 0 Å². The summed E-state index contributed by atoms with van der Waals surface area (Å²) in [7, 11) is 0. The van der Waals surface area contributed by atoms with Crippen molar-refractivity contribution in [1.29, 1.82) is 0 Å². The van der Waals surface area contributed by atoms with Gasteiger partial charge in [-0.05, 0) is 57.6 Å². The zero-order valence-corrected chi connectivity index (χ0v) is 12.9. The predicted molar refractivity (Wildman–Crippen MR) is 83.8 cm³/mol. The lowest BCUT2D eigenvalue weighted by atomic mass is 9.87. The summed E-state index contributed by atoms with van der Waals surface area (Å²) in [6.45, 7) is 7.74. The van der Waals surface area contributed by atoms with Crippen LogP contribution in [0.2, 0.25) is 0 Å². The highest BCUT2D eigenvalue weighted by Crippen LogP contribution is 2.33. The third-order valence-corrected chi connectivity index (χ3v) is 3.94. The van der Waals surface area contributed by atoms with Gasteiger partial charge in [-0.2, -0.15) is 0 Å². The second-order valence-electron chi connectivity index (χ2n) is 5.63. The number of benzene rings is 1. The summed E-state index contributed by atoms with van der Waals surface area (Å²) >= 11 is 0. The molecule has 0 unspecified atom stereocenters. The first-order chi connectivity index (χ1) is 9.72. The number of nitrogens with one attached hydrogen (secondary N) is 1. The molecular formula is C17H27NO2. The first-order valence-corrected chi connectivity index (χ1v) is 7.89. The minimum absolute atomic E-state index is 0.558. The molecule has 3 heteroatoms. The minimum Gasteiger partial charge on any atom is -0.494 e. The summed E-state index contributed by atoms with van der Waals surface area (Å²) in [4.78, 5) is 0. The van der Waals surface area contributed by atoms with Gasteiger partial charge < -0.3 is 14.8 Å². The zero-order valence-electron chi connectivity index (χ0n) is 12.9. The lowest BCUT2D eigenvalue weighted by Gasteiger charge is -2.28. The van der Waals surface area contributed by atoms with Gasteiger partial charge in [-0.25, -0.2) is 0 Å². The Labute approximate surface area is 122 Å². The van der Waals surface area contributed by atoms with E-state index in [2.05, 4.69) is 18.3 Å². The van der Waals surface area contributed by atoms with Gasteiger partial charge in [0.1, 0.15) is 11.5 Å². The summed E-state index contributed by atoms with van der Waals surface area (Å²) < 4.78 is 11.3. The summed E-state index contributed by atoms with van der Waals surface area (Å²) in [6.07, 6.45) is 5.11. The highest BCUT2D eigenvalue weighted by Gasteiger charge is 2.19. The molecule has 0 saturated heterocycles. The Morgan fingerprint density at radius 1 is 1.05 bits per heavy atom. The predicted octanol–water partition coefficient (Wildman–Crippen LogP) is 4.47. The molecule has 1 aromatic rings. The summed E-state index contributed by atoms with van der Waals surface area (Å²) in [6, 6.07) is 6.60. The van der Waals surface area contributed by atoms with Crippen molar-refractivity contribution in [3.63, 3.8) is 0 Å². The van der Waals surface area contributed by atoms with E-state index in [1.165, 1.54) is 25.7 Å². The molecule has 0 aromatic heterocycles. The Hall–Kier alpha value is -1.38. The maximum absolute atomic E-state index is 5.71. The average molecular weight is 277 g/mol. The van der Waals surface area contributed by atoms with Crippen LogP contribution in [0.25, 0.3) is 0 Å². The monoisotopic (exact) mass is 277 g/mol. The molecule has 1 N–H and O–H groups in total. The van der Waals surface area contributed by atoms with Crippen LogP contribution in [-0.4, -0.2) is 19.3 Å². The van der Waals surface area contributed by atoms with E-state index < -0.39 is 0 Å². The Balaban J connectivity index is 2.08. The third-order valence-electron chi connectivity index (χ3n) is 3.94. The van der Waals surface area contributed by atoms with Gasteiger partial charge in [0, 0.05) is 12.1 Å². The molecule has 1 aromatic carbocycles. The van der Waals surface area contributed by atoms with E-state index in [-0.39, 0.29) is 0 Å². The Kier molecular flexibility index (Phi) is 5.57. The molecule has 0 bridgehead atoms. The van der Waals surface area contributed by atoms with Crippen LogP contribution in [0, 0.1) is 5.92 Å². The molecule has 0 atom stereocenters. The maximum Gasteiger partial charge on any atom is 0.142 e. The van der Waals surface area contributed by atoms with Crippen LogP contribution in [-0.2, 0) is 0 Å². The fraction of sp³-hybridized carbons (Fsp3) is 0.647. The standard InChI is InChI=1S/C17H27NO2/c1-4-19-15-10-11-17(20-5-2)16(12-15)18-14-8-6-13(3)7-9-14/h10-14,18H,4-9H2,1-3H3. The summed E-state index contributed by atoms with van der Waals surface area (Å²) in [5.41, 5.74) is 1.07. The van der Waals surface area contributed by atoms with Gasteiger partial charge in [0.05, 0.1) is 18.9 Å². The van der Waals surface area contributed by atoms with Crippen LogP contribution >= 0.6 is 0 Å². The van der Waals surface area contributed by atoms with E-state index in [1.54, 1.807) is 0 Å². The molecule has 0 heterocycles. The van der Waals surface area contributed by atoms with Gasteiger partial charge >= 0.3 is 0 Å². The Morgan fingerprint density at radius 2 is 1.75 bits per heavy atom. The van der Waals surface area contributed by atoms with E-state index in [1.807, 2.05) is 26.0 Å². The van der Waals surface area contributed by atoms with Gasteiger partial charge in [0.15, 0.2) is 0 Å². The normalized spacial score (nSPS) is 22.4. The van der Waals surface area contributed by atoms with Crippen molar-refractivity contribution < 1.29 is 9.47 Å². The molecular weight excluding hydrogens is 250 g/mol. The lowest BCUT2D eigenvalue weighted by molar-refractivity contribution is 0.329. The first kappa shape index (κ1) is 15.0. The van der Waals surface area contributed by atoms with Crippen LogP contribution in [0.5, 0.6) is 11.5 Å². The average Bonchev–Trinajstić information content (AvgIpc) is 2.45. The van der Waals surface area contributed by atoms with Crippen molar-refractivity contribution in [3.8, 4) is 11.5 Å². The molecule has 0 radical (unpaired) electrons. The van der Waals surface area contributed by atoms with E-state index in [0.29, 0.717) is 19.3 Å². The van der Waals surface area contributed by atoms with Crippen molar-refractivity contribution in [2.45, 2.75) is 52.5 Å². The fourth-order valence-corrected chi connectivity index (χ4v) is 2.78. The number of rotatable bonds is 6. The van der Waals surface area contributed by atoms with Crippen molar-refractivity contribution in [1.82, 2.24) is 0 Å². The molecule has 1 aliphatic rings. The van der Waals surface area contributed by atoms with Crippen LogP contribution in [0.1, 0.15) is 46.5 Å². The summed E-state index contributed by atoms with van der Waals surface area (Å²) in [5.74, 6) is 2.70. The number of anilines is 1. The minimum atomic E-state index is 0.558. The first-order valence-electron chi connectivity index (χ1n) is 7.89. The SMILES string of the molecule is CCOc1ccc(OCC)c(NC2CCC(C)CC2)c1. The van der Waals surface area contributed by atoms with Crippen LogP contribution in [0.4, 0.5) is 5.69 Å². The van der Waals surface area contributed by atoms with Crippen molar-refractivity contribution >= 4 is 5.69 Å². The molecule has 1 fully saturated rings. The van der Waals surface area contributed by atoms with Crippen LogP contribution in [0.3, 0.4) is 0 Å². The molecule has 0 aliphatic heterocycles. The van der Waals surface area contributed by atoms with Crippen molar-refractivity contribution in [2.75, 3.05) is 18.5 Å². The van der Waals surface area contributed by atoms with Crippen LogP contribution in [0.15, 0.2) is 18.2 Å². The number of hydrogen-bond acceptors (Lipinski definition) is 3. The lowest BCUT2D eigenvalue weighted by Crippen LogP contribution is -2.25. The smallest absolute Gasteiger partial charge is 0.142 e. The highest BCUT2D eigenvalue weighted by molar-refractivity contribution is 5.60. The highest BCUT2D eigenvalue weighted by atomic mass is 16.5. The molecule has 3 nitrogen and oxygen atoms in total. The van der Waals surface area contributed by atoms with Gasteiger partial charge in [-0.1, -0.05) is 6.92 Å². The van der Waals surface area contributed by atoms with E-state index in [4.69, 9.17) is 9.47 Å². The fourth-order valence-electron chi connectivity index (χ4n) is 2.78. The van der Waals surface area contributed by atoms with Gasteiger partial charge in [0.2, 0.25) is 0 Å². The van der Waals surface area contributed by atoms with E-state index in [9.17, 15) is 0 Å². The summed E-state index contributed by atoms with van der Waals surface area (Å²) in [5, 5.41) is 3.65. The van der Waals surface area contributed by atoms with Gasteiger partial charge in [0.25, 0.3) is 0 Å². The van der Waals surface area contributed by atoms with Crippen molar-refractivity contribution in [2.24, 2.45) is 5.92 Å². The van der Waals surface area contributed by atoms with Gasteiger partial charge in [-0.3, -0.25) is 0 Å². The molecule has 1 aliphatic carbocycles. The zero-order chi connectivity index (χ0) is 14.4. The van der Waals surface area contributed by atoms with Crippen LogP contribution < -0.4 is 14.8 Å². The third kappa shape index (κ3) is 4.06. The number of hydrogen-bond donors (Lipinski definition) is 1. The van der Waals surface area contributed by atoms with E-state index >= 15 is 0 Å². The molecule has 0 amide bonds. The maximum atomic E-state index is 5.71. The molecule has 0 spiro atoms. The Morgan fingerprint density at radius 3 is 2.40 bits per heavy atom. The molecule has 20 heavy (non-hydrogen) atoms. The number of ether oxygens (including phenoxy) is 2. The second kappa shape index (κ2) is 7.41. The second-order valence-corrected chi connectivity index (χ2v) is 5.63. The molecule has 2 rings (SSSR count). The van der Waals surface area contributed by atoms with Crippen molar-refractivity contribution in [3.05, 3.63) is 18.2 Å². The Bertz CT molecular complexity index is 411. The van der Waals surface area contributed by atoms with E-state index in [0.717, 1.165) is 23.1 Å². The largest absolute Gasteiger partial charge is 0.494 e. The quantitative estimate of drug-likeness (QED) is 0.832. The molecule has 112 valence electrons. The topological polar surface area (TPSA) is 30.5 Å². The molecule has 1 saturated carbocycles.